The molecule has 0 amide bonds. The van der Waals surface area contributed by atoms with Gasteiger partial charge in [-0.25, -0.2) is 4.79 Å². The number of benzene rings is 2. The predicted octanol–water partition coefficient (Wildman–Crippen LogP) is 3.71. The molecule has 2 heterocycles. The normalized spacial score (nSPS) is 15.4. The number of carbonyl (C=O) groups is 1. The molecule has 0 aliphatic carbocycles. The number of nitrogens with one attached hydrogen (secondary N) is 1. The van der Waals surface area contributed by atoms with E-state index in [2.05, 4.69) is 15.2 Å². The fourth-order valence-electron chi connectivity index (χ4n) is 3.72. The summed E-state index contributed by atoms with van der Waals surface area (Å²) in [6.45, 7) is 5.05. The second-order valence-electron chi connectivity index (χ2n) is 7.44. The highest BCUT2D eigenvalue weighted by Gasteiger charge is 2.21. The van der Waals surface area contributed by atoms with Gasteiger partial charge in [-0.1, -0.05) is 6.07 Å². The zero-order valence-corrected chi connectivity index (χ0v) is 16.8. The van der Waals surface area contributed by atoms with Gasteiger partial charge in [0.1, 0.15) is 5.52 Å². The number of likely N-dealkylation sites (tertiary alicyclic amines) is 1. The number of anilines is 1. The van der Waals surface area contributed by atoms with Crippen molar-refractivity contribution in [2.75, 3.05) is 25.0 Å². The van der Waals surface area contributed by atoms with Crippen LogP contribution in [0.3, 0.4) is 0 Å². The van der Waals surface area contributed by atoms with E-state index in [0.29, 0.717) is 29.5 Å². The minimum Gasteiger partial charge on any atom is -0.504 e. The van der Waals surface area contributed by atoms with Gasteiger partial charge in [-0.2, -0.15) is 4.98 Å². The van der Waals surface area contributed by atoms with Crippen LogP contribution in [0.1, 0.15) is 35.7 Å². The van der Waals surface area contributed by atoms with E-state index in [9.17, 15) is 9.90 Å². The highest BCUT2D eigenvalue weighted by molar-refractivity contribution is 5.92. The van der Waals surface area contributed by atoms with Gasteiger partial charge in [0.25, 0.3) is 6.01 Å². The van der Waals surface area contributed by atoms with E-state index in [0.717, 1.165) is 38.0 Å². The van der Waals surface area contributed by atoms with Crippen LogP contribution in [-0.2, 0) is 6.54 Å². The summed E-state index contributed by atoms with van der Waals surface area (Å²) >= 11 is 0. The molecule has 1 aromatic heterocycles. The van der Waals surface area contributed by atoms with E-state index >= 15 is 0 Å². The minimum atomic E-state index is -0.989. The number of ether oxygens (including phenoxy) is 1. The van der Waals surface area contributed by atoms with E-state index < -0.39 is 5.97 Å². The average Bonchev–Trinajstić information content (AvgIpc) is 3.13. The zero-order chi connectivity index (χ0) is 21.1. The second kappa shape index (κ2) is 8.62. The number of piperidine rings is 1. The first-order valence-corrected chi connectivity index (χ1v) is 10.1. The van der Waals surface area contributed by atoms with E-state index in [-0.39, 0.29) is 17.4 Å². The van der Waals surface area contributed by atoms with Crippen molar-refractivity contribution >= 4 is 23.1 Å². The summed E-state index contributed by atoms with van der Waals surface area (Å²) < 4.78 is 11.2. The molecule has 0 spiro atoms. The van der Waals surface area contributed by atoms with Crippen LogP contribution in [0, 0.1) is 0 Å². The van der Waals surface area contributed by atoms with Gasteiger partial charge in [0.15, 0.2) is 17.1 Å². The lowest BCUT2D eigenvalue weighted by atomic mass is 10.0. The number of aromatic carboxylic acids is 1. The number of fused-ring (bicyclic) bond motifs is 1. The van der Waals surface area contributed by atoms with Crippen LogP contribution in [0.25, 0.3) is 11.1 Å². The van der Waals surface area contributed by atoms with Crippen molar-refractivity contribution in [3.63, 3.8) is 0 Å². The van der Waals surface area contributed by atoms with Gasteiger partial charge < -0.3 is 24.7 Å². The van der Waals surface area contributed by atoms with Crippen molar-refractivity contribution in [3.8, 4) is 11.5 Å². The van der Waals surface area contributed by atoms with Crippen LogP contribution in [-0.4, -0.2) is 51.8 Å². The molecular weight excluding hydrogens is 386 g/mol. The number of aromatic hydroxyl groups is 1. The Morgan fingerprint density at radius 2 is 2.07 bits per heavy atom. The third kappa shape index (κ3) is 4.49. The van der Waals surface area contributed by atoms with Gasteiger partial charge in [0.2, 0.25) is 0 Å². The van der Waals surface area contributed by atoms with E-state index in [4.69, 9.17) is 14.3 Å². The fourth-order valence-corrected chi connectivity index (χ4v) is 3.72. The molecule has 30 heavy (non-hydrogen) atoms. The average molecular weight is 411 g/mol. The molecule has 1 fully saturated rings. The maximum absolute atomic E-state index is 11.1. The van der Waals surface area contributed by atoms with Crippen LogP contribution in [0.5, 0.6) is 11.5 Å². The van der Waals surface area contributed by atoms with Crippen molar-refractivity contribution in [2.45, 2.75) is 32.4 Å². The molecule has 158 valence electrons. The van der Waals surface area contributed by atoms with Gasteiger partial charge in [0, 0.05) is 25.7 Å². The molecule has 4 rings (SSSR count). The number of hydrogen-bond donors (Lipinski definition) is 3. The van der Waals surface area contributed by atoms with E-state index in [1.807, 2.05) is 19.1 Å². The summed E-state index contributed by atoms with van der Waals surface area (Å²) in [5, 5.41) is 22.3. The number of hydrogen-bond acceptors (Lipinski definition) is 7. The summed E-state index contributed by atoms with van der Waals surface area (Å²) in [5.41, 5.74) is 2.39. The number of aromatic nitrogens is 1. The zero-order valence-electron chi connectivity index (χ0n) is 16.8. The van der Waals surface area contributed by atoms with Crippen molar-refractivity contribution in [1.82, 2.24) is 9.88 Å². The van der Waals surface area contributed by atoms with Crippen molar-refractivity contribution in [3.05, 3.63) is 47.5 Å². The molecule has 0 unspecified atom stereocenters. The monoisotopic (exact) mass is 411 g/mol. The van der Waals surface area contributed by atoms with Gasteiger partial charge in [-0.3, -0.25) is 4.90 Å². The Morgan fingerprint density at radius 1 is 1.27 bits per heavy atom. The lowest BCUT2D eigenvalue weighted by Gasteiger charge is -2.32. The molecule has 0 bridgehead atoms. The Balaban J connectivity index is 1.33. The molecule has 1 saturated heterocycles. The summed E-state index contributed by atoms with van der Waals surface area (Å²) in [4.78, 5) is 17.9. The largest absolute Gasteiger partial charge is 0.504 e. The highest BCUT2D eigenvalue weighted by atomic mass is 16.5. The third-order valence-electron chi connectivity index (χ3n) is 5.28. The summed E-state index contributed by atoms with van der Waals surface area (Å²) in [5.74, 6) is -0.303. The number of carboxylic acid groups (broad SMARTS) is 1. The predicted molar refractivity (Wildman–Crippen MR) is 112 cm³/mol. The summed E-state index contributed by atoms with van der Waals surface area (Å²) in [6.07, 6.45) is 1.88. The molecule has 1 aliphatic heterocycles. The lowest BCUT2D eigenvalue weighted by molar-refractivity contribution is 0.0697. The maximum Gasteiger partial charge on any atom is 0.335 e. The van der Waals surface area contributed by atoms with Gasteiger partial charge >= 0.3 is 5.97 Å². The molecule has 1 aliphatic rings. The third-order valence-corrected chi connectivity index (χ3v) is 5.28. The van der Waals surface area contributed by atoms with E-state index in [1.54, 1.807) is 12.1 Å². The quantitative estimate of drug-likeness (QED) is 0.540. The van der Waals surface area contributed by atoms with Gasteiger partial charge in [0.05, 0.1) is 12.2 Å². The van der Waals surface area contributed by atoms with Crippen LogP contribution in [0.15, 0.2) is 40.8 Å². The molecule has 0 radical (unpaired) electrons. The highest BCUT2D eigenvalue weighted by Crippen LogP contribution is 2.28. The SMILES string of the molecule is CCOc1cc(CN2CCC(Nc3nc4ccc(C(=O)O)cc4o3)CC2)ccc1O. The Hall–Kier alpha value is -3.26. The molecule has 8 nitrogen and oxygen atoms in total. The molecule has 2 aromatic carbocycles. The number of rotatable bonds is 7. The van der Waals surface area contributed by atoms with Crippen LogP contribution in [0.4, 0.5) is 6.01 Å². The lowest BCUT2D eigenvalue weighted by Crippen LogP contribution is -2.38. The van der Waals surface area contributed by atoms with Crippen molar-refractivity contribution < 1.29 is 24.2 Å². The number of nitrogens with zero attached hydrogens (tertiary/aromatic N) is 2. The molecule has 0 saturated carbocycles. The van der Waals surface area contributed by atoms with Gasteiger partial charge in [-0.15, -0.1) is 0 Å². The molecule has 8 heteroatoms. The molecule has 3 N–H and O–H groups in total. The minimum absolute atomic E-state index is 0.164. The summed E-state index contributed by atoms with van der Waals surface area (Å²) in [6, 6.07) is 10.8. The maximum atomic E-state index is 11.1. The Labute approximate surface area is 174 Å². The summed E-state index contributed by atoms with van der Waals surface area (Å²) in [7, 11) is 0. The molecule has 3 aromatic rings. The fraction of sp³-hybridized carbons (Fsp3) is 0.364. The second-order valence-corrected chi connectivity index (χ2v) is 7.44. The van der Waals surface area contributed by atoms with Gasteiger partial charge in [-0.05, 0) is 55.7 Å². The Kier molecular flexibility index (Phi) is 5.76. The smallest absolute Gasteiger partial charge is 0.335 e. The first-order chi connectivity index (χ1) is 14.5. The van der Waals surface area contributed by atoms with Crippen LogP contribution >= 0.6 is 0 Å². The standard InChI is InChI=1S/C22H25N3O5/c1-2-29-20-11-14(3-6-18(20)26)13-25-9-7-16(8-10-25)23-22-24-17-5-4-15(21(27)28)12-19(17)30-22/h3-6,11-12,16,26H,2,7-10,13H2,1H3,(H,23,24)(H,27,28). The van der Waals surface area contributed by atoms with Crippen LogP contribution < -0.4 is 10.1 Å². The Bertz CT molecular complexity index is 1040. The first kappa shape index (κ1) is 20.0. The van der Waals surface area contributed by atoms with Crippen molar-refractivity contribution in [2.24, 2.45) is 0 Å². The number of carboxylic acids is 1. The van der Waals surface area contributed by atoms with E-state index in [1.165, 1.54) is 12.1 Å². The first-order valence-electron chi connectivity index (χ1n) is 10.1. The number of phenolic OH excluding ortho intramolecular Hbond substituents is 1. The molecular formula is C22H25N3O5. The number of phenols is 1. The Morgan fingerprint density at radius 3 is 2.80 bits per heavy atom. The van der Waals surface area contributed by atoms with Crippen molar-refractivity contribution in [1.29, 1.82) is 0 Å². The van der Waals surface area contributed by atoms with Crippen LogP contribution in [0.2, 0.25) is 0 Å². The topological polar surface area (TPSA) is 108 Å². The number of oxazole rings is 1. The molecule has 0 atom stereocenters.